The largest absolute Gasteiger partial charge is 0.756 e. The van der Waals surface area contributed by atoms with Crippen LogP contribution in [0.4, 0.5) is 17.7 Å². The van der Waals surface area contributed by atoms with Gasteiger partial charge in [0.05, 0.1) is 39.3 Å². The zero-order valence-corrected chi connectivity index (χ0v) is 44.1. The first-order valence-corrected chi connectivity index (χ1v) is 28.2. The number of phosphoric ester groups is 3. The number of methoxy groups -OCH3 is 1. The minimum Gasteiger partial charge on any atom is -0.756 e. The summed E-state index contributed by atoms with van der Waals surface area (Å²) >= 11 is 0. The highest BCUT2D eigenvalue weighted by molar-refractivity contribution is 7.66. The molecule has 0 saturated carbocycles. The van der Waals surface area contributed by atoms with Crippen LogP contribution in [0, 0.1) is 5.92 Å². The molecule has 43 heteroatoms. The molecule has 78 heavy (non-hydrogen) atoms. The first kappa shape index (κ1) is 58.8. The molecule has 0 spiro atoms. The topological polar surface area (TPSA) is 556 Å². The Kier molecular flexibility index (Phi) is 16.8. The number of anilines is 3. The van der Waals surface area contributed by atoms with E-state index < -0.39 is 154 Å². The summed E-state index contributed by atoms with van der Waals surface area (Å²) in [5.41, 5.74) is 14.0. The number of aliphatic hydroxyl groups is 3. The molecule has 5 aromatic rings. The number of H-pyrrole nitrogens is 2. The van der Waals surface area contributed by atoms with Crippen molar-refractivity contribution in [1.82, 2.24) is 48.5 Å². The molecule has 16 atom stereocenters. The lowest BCUT2D eigenvalue weighted by Gasteiger charge is -2.31. The lowest BCUT2D eigenvalue weighted by atomic mass is 9.94. The van der Waals surface area contributed by atoms with Crippen LogP contribution in [0.25, 0.3) is 22.3 Å². The molecule has 3 aliphatic rings. The van der Waals surface area contributed by atoms with Crippen molar-refractivity contribution < 1.29 is 108 Å². The number of rotatable bonds is 21. The minimum absolute atomic E-state index is 0.0180. The number of phosphoric acid groups is 4. The van der Waals surface area contributed by atoms with Crippen molar-refractivity contribution in [2.24, 2.45) is 13.0 Å². The molecule has 4 unspecified atom stereocenters. The van der Waals surface area contributed by atoms with Crippen LogP contribution in [-0.2, 0) is 75.8 Å². The molecule has 39 nitrogen and oxygen atoms in total. The average molecular weight is 1190 g/mol. The van der Waals surface area contributed by atoms with Gasteiger partial charge in [-0.1, -0.05) is 4.98 Å². The van der Waals surface area contributed by atoms with Crippen LogP contribution in [0.5, 0.6) is 0 Å². The number of amides is 1. The summed E-state index contributed by atoms with van der Waals surface area (Å²) in [6, 6.07) is 1.12. The number of nitrogens with zero attached hydrogens (tertiary/aromatic N) is 9. The van der Waals surface area contributed by atoms with E-state index in [9.17, 15) is 72.3 Å². The average Bonchev–Trinajstić information content (AvgIpc) is 4.13. The van der Waals surface area contributed by atoms with Crippen LogP contribution in [0.15, 0.2) is 39.3 Å². The Morgan fingerprint density at radius 1 is 0.808 bits per heavy atom. The van der Waals surface area contributed by atoms with Gasteiger partial charge in [0.2, 0.25) is 23.6 Å². The molecular formula is C35H50N14O25P4. The lowest BCUT2D eigenvalue weighted by molar-refractivity contribution is -0.745. The predicted octanol–water partition coefficient (Wildman–Crippen LogP) is -5.19. The first-order chi connectivity index (χ1) is 36.4. The van der Waals surface area contributed by atoms with Gasteiger partial charge in [-0.05, 0) is 6.07 Å². The van der Waals surface area contributed by atoms with Gasteiger partial charge >= 0.3 is 34.8 Å². The van der Waals surface area contributed by atoms with Crippen LogP contribution in [0.1, 0.15) is 25.1 Å². The summed E-state index contributed by atoms with van der Waals surface area (Å²) < 4.78 is 108. The van der Waals surface area contributed by atoms with E-state index in [1.54, 1.807) is 0 Å². The highest BCUT2D eigenvalue weighted by Crippen LogP contribution is 2.68. The molecule has 0 bridgehead atoms. The number of aromatic nitrogens is 10. The predicted molar refractivity (Wildman–Crippen MR) is 251 cm³/mol. The molecule has 0 aromatic carbocycles. The van der Waals surface area contributed by atoms with Crippen molar-refractivity contribution >= 4 is 77.2 Å². The fourth-order valence-electron chi connectivity index (χ4n) is 8.57. The quantitative estimate of drug-likeness (QED) is 0.0242. The van der Waals surface area contributed by atoms with Crippen molar-refractivity contribution in [2.75, 3.05) is 58.2 Å². The van der Waals surface area contributed by atoms with Gasteiger partial charge in [0.25, 0.3) is 24.9 Å². The van der Waals surface area contributed by atoms with Gasteiger partial charge < -0.3 is 85.0 Å². The lowest BCUT2D eigenvalue weighted by Crippen LogP contribution is -2.45. The summed E-state index contributed by atoms with van der Waals surface area (Å²) in [7, 11) is -18.7. The summed E-state index contributed by atoms with van der Waals surface area (Å²) in [5, 5.41) is 33.1. The van der Waals surface area contributed by atoms with Gasteiger partial charge in [0.1, 0.15) is 48.5 Å². The van der Waals surface area contributed by atoms with Crippen molar-refractivity contribution in [3.05, 3.63) is 56.1 Å². The molecular weight excluding hydrogens is 1140 g/mol. The summed E-state index contributed by atoms with van der Waals surface area (Å²) in [6.45, 7) is -3.52. The van der Waals surface area contributed by atoms with Crippen molar-refractivity contribution in [1.29, 1.82) is 0 Å². The summed E-state index contributed by atoms with van der Waals surface area (Å²) in [6.07, 6.45) is -16.0. The Hall–Kier alpha value is -5.31. The smallest absolute Gasteiger partial charge is 0.490 e. The van der Waals surface area contributed by atoms with E-state index in [1.807, 2.05) is 0 Å². The standard InChI is InChI=1S/C35H50N14O25P4/c1-45(2)18(50)7-13-14(69-30(21(13)51)49-12-46(3)20-27(49)42-34(38)44-29(20)55)8-67-76(59,60)73-78(63,64)74-77(61,62)68-10-16-24(25(65-4)32(71-16)47-6-5-17(36)40-35(47)56)72-75(57,58)66-9-15-22(52)23(53)31(70-15)48-11-39-19-26(48)41-33(37)43-28(19)54/h5-6,11-16,21-25,30-32,51-53H,7-10H2,1-4H3,(H11-,36,37,38,40,41,42,43,44,54,55,56,57,58,59,60,61,62,63,64)/t13-,14-,15-,16-,21-,22-,23-,24-,25-,30-,31-,32-/m1/s1. The number of nitrogen functional groups attached to an aromatic ring is 3. The third-order valence-electron chi connectivity index (χ3n) is 12.1. The van der Waals surface area contributed by atoms with Crippen LogP contribution in [-0.4, -0.2) is 174 Å². The summed E-state index contributed by atoms with van der Waals surface area (Å²) in [4.78, 5) is 117. The van der Waals surface area contributed by atoms with Crippen molar-refractivity contribution in [3.8, 4) is 0 Å². The van der Waals surface area contributed by atoms with Gasteiger partial charge in [-0.15, -0.1) is 0 Å². The molecule has 0 aliphatic carbocycles. The number of ether oxygens (including phenoxy) is 4. The normalized spacial score (nSPS) is 29.6. The number of carbonyl (C=O) groups excluding carboxylic acids is 1. The molecule has 14 N–H and O–H groups in total. The third kappa shape index (κ3) is 12.5. The van der Waals surface area contributed by atoms with Crippen LogP contribution < -0.4 is 43.5 Å². The second kappa shape index (κ2) is 22.3. The highest BCUT2D eigenvalue weighted by atomic mass is 31.3. The Balaban J connectivity index is 0.937. The molecule has 8 rings (SSSR count). The van der Waals surface area contributed by atoms with E-state index in [0.29, 0.717) is 0 Å². The third-order valence-corrected chi connectivity index (χ3v) is 17.3. The molecule has 3 aliphatic heterocycles. The van der Waals surface area contributed by atoms with Crippen molar-refractivity contribution in [3.63, 3.8) is 0 Å². The van der Waals surface area contributed by atoms with Crippen LogP contribution in [0.3, 0.4) is 0 Å². The monoisotopic (exact) mass is 1190 g/mol. The number of hydrogen-bond acceptors (Lipinski definition) is 29. The highest BCUT2D eigenvalue weighted by Gasteiger charge is 2.53. The van der Waals surface area contributed by atoms with Gasteiger partial charge in [0.15, 0.2) is 29.9 Å². The zero-order chi connectivity index (χ0) is 57.1. The SMILES string of the molecule is CO[C@@H]1[C@H](OP(=O)([O-])OC[C@H]2O[C@@H](n3cnc4c(=O)[nH]c(N)nc43)[C@H](O)[C@@H]2O)[C@@H](COP(=O)(O)OP(=O)(O)OP(=O)(O)OC[C@H]2O[C@@H]([n+]3cn(C)c4c(=O)[nH]c(N)nc43)[C@H](O)[C@@H]2CC(=O)N(C)C)O[C@H]1n1ccc(N)nc1=O. The van der Waals surface area contributed by atoms with Crippen LogP contribution in [0.2, 0.25) is 0 Å². The number of carbonyl (C=O) groups is 1. The number of hydrogen-bond donors (Lipinski definition) is 11. The molecule has 3 fully saturated rings. The maximum Gasteiger partial charge on any atom is 0.490 e. The second-order valence-corrected chi connectivity index (χ2v) is 23.6. The molecule has 1 amide bonds. The Bertz CT molecular complexity index is 3470. The molecule has 8 heterocycles. The van der Waals surface area contributed by atoms with Gasteiger partial charge in [0, 0.05) is 39.7 Å². The fraction of sp³-hybridized carbons (Fsp3) is 0.571. The van der Waals surface area contributed by atoms with E-state index in [1.165, 1.54) is 36.6 Å². The number of nitrogens with two attached hydrogens (primary N) is 3. The Labute approximate surface area is 434 Å². The van der Waals surface area contributed by atoms with Gasteiger partial charge in [-0.2, -0.15) is 18.6 Å². The Morgan fingerprint density at radius 3 is 2.06 bits per heavy atom. The number of aromatic amines is 2. The van der Waals surface area contributed by atoms with Gasteiger partial charge in [-0.25, -0.2) is 28.0 Å². The van der Waals surface area contributed by atoms with Gasteiger partial charge in [-0.3, -0.25) is 51.7 Å². The Morgan fingerprint density at radius 2 is 1.42 bits per heavy atom. The molecule has 430 valence electrons. The van der Waals surface area contributed by atoms with E-state index >= 15 is 0 Å². The van der Waals surface area contributed by atoms with Crippen LogP contribution >= 0.6 is 31.3 Å². The molecule has 0 radical (unpaired) electrons. The zero-order valence-electron chi connectivity index (χ0n) is 40.6. The van der Waals surface area contributed by atoms with E-state index in [-0.39, 0.29) is 40.0 Å². The van der Waals surface area contributed by atoms with E-state index in [2.05, 4.69) is 38.5 Å². The molecule has 5 aromatic heterocycles. The van der Waals surface area contributed by atoms with E-state index in [0.717, 1.165) is 39.7 Å². The number of imidazole rings is 2. The van der Waals surface area contributed by atoms with Crippen molar-refractivity contribution in [2.45, 2.75) is 73.9 Å². The first-order valence-electron chi connectivity index (χ1n) is 22.3. The number of aliphatic hydroxyl groups excluding tert-OH is 3. The second-order valence-electron chi connectivity index (χ2n) is 17.6. The maximum absolute atomic E-state index is 13.5. The minimum atomic E-state index is -6.26. The van der Waals surface area contributed by atoms with E-state index in [4.69, 9.17) is 54.2 Å². The number of nitrogens with one attached hydrogen (secondary N) is 2. The molecule has 3 saturated heterocycles. The number of aryl methyl sites for hydroxylation is 1. The maximum atomic E-state index is 13.5. The summed E-state index contributed by atoms with van der Waals surface area (Å²) in [5.74, 6) is -2.73. The number of fused-ring (bicyclic) bond motifs is 2. The fourth-order valence-corrected chi connectivity index (χ4v) is 13.0.